The van der Waals surface area contributed by atoms with Crippen LogP contribution in [0.15, 0.2) is 0 Å². The highest BCUT2D eigenvalue weighted by Crippen LogP contribution is 2.03. The zero-order valence-corrected chi connectivity index (χ0v) is 10.3. The number of hydrogen-bond acceptors (Lipinski definition) is 6. The van der Waals surface area contributed by atoms with E-state index >= 15 is 0 Å². The first-order valence-corrected chi connectivity index (χ1v) is 6.16. The maximum absolute atomic E-state index is 11.2. The van der Waals surface area contributed by atoms with E-state index in [0.29, 0.717) is 6.61 Å². The van der Waals surface area contributed by atoms with E-state index in [1.54, 1.807) is 13.8 Å². The molecule has 0 unspecified atom stereocenters. The first kappa shape index (κ1) is 15.0. The Morgan fingerprint density at radius 1 is 0.938 bits per heavy atom. The first-order valence-electron chi connectivity index (χ1n) is 5.00. The molecule has 0 fully saturated rings. The molecule has 0 aromatic rings. The minimum atomic E-state index is -0.524. The van der Waals surface area contributed by atoms with Crippen molar-refractivity contribution >= 4 is 29.5 Å². The largest absolute Gasteiger partial charge is 0.466 e. The molecule has 5 nitrogen and oxygen atoms in total. The third-order valence-electron chi connectivity index (χ3n) is 1.44. The molecule has 0 heterocycles. The van der Waals surface area contributed by atoms with Gasteiger partial charge in [-0.1, -0.05) is 0 Å². The molecule has 6 heteroatoms. The molecule has 0 amide bonds. The lowest BCUT2D eigenvalue weighted by atomic mass is 10.3. The van der Waals surface area contributed by atoms with Crippen molar-refractivity contribution in [3.63, 3.8) is 0 Å². The molecule has 0 saturated heterocycles. The van der Waals surface area contributed by atoms with Crippen LogP contribution in [0.5, 0.6) is 0 Å². The van der Waals surface area contributed by atoms with Crippen LogP contribution in [0, 0.1) is 0 Å². The highest BCUT2D eigenvalue weighted by atomic mass is 32.2. The van der Waals surface area contributed by atoms with Crippen LogP contribution < -0.4 is 0 Å². The van der Waals surface area contributed by atoms with Crippen LogP contribution in [0.2, 0.25) is 0 Å². The number of ketones is 1. The number of esters is 2. The minimum absolute atomic E-state index is 0.123. The number of Topliss-reactive ketones (excluding diaryl/α,β-unsaturated/α-hetero) is 1. The quantitative estimate of drug-likeness (QED) is 0.467. The average molecular weight is 248 g/mol. The molecule has 92 valence electrons. The van der Waals surface area contributed by atoms with Gasteiger partial charge in [0.25, 0.3) is 0 Å². The van der Waals surface area contributed by atoms with E-state index in [2.05, 4.69) is 9.47 Å². The summed E-state index contributed by atoms with van der Waals surface area (Å²) in [6.07, 6.45) is -0.232. The lowest BCUT2D eigenvalue weighted by Gasteiger charge is -2.02. The molecule has 0 radical (unpaired) electrons. The van der Waals surface area contributed by atoms with E-state index in [1.807, 2.05) is 0 Å². The van der Waals surface area contributed by atoms with Crippen LogP contribution in [0.4, 0.5) is 0 Å². The van der Waals surface area contributed by atoms with E-state index in [1.165, 1.54) is 0 Å². The summed E-state index contributed by atoms with van der Waals surface area (Å²) < 4.78 is 9.30. The molecule has 0 spiro atoms. The van der Waals surface area contributed by atoms with Gasteiger partial charge in [-0.3, -0.25) is 14.4 Å². The third kappa shape index (κ3) is 8.28. The monoisotopic (exact) mass is 248 g/mol. The van der Waals surface area contributed by atoms with Crippen LogP contribution in [0.1, 0.15) is 20.3 Å². The molecule has 0 rings (SSSR count). The van der Waals surface area contributed by atoms with Gasteiger partial charge in [0, 0.05) is 0 Å². The zero-order valence-electron chi connectivity index (χ0n) is 9.49. The number of ether oxygens (including phenoxy) is 2. The Balaban J connectivity index is 3.58. The van der Waals surface area contributed by atoms with Crippen molar-refractivity contribution in [3.05, 3.63) is 0 Å². The molecular formula is C10H16O5S. The summed E-state index contributed by atoms with van der Waals surface area (Å²) >= 11 is 1.14. The van der Waals surface area contributed by atoms with Crippen molar-refractivity contribution < 1.29 is 23.9 Å². The Morgan fingerprint density at radius 2 is 1.50 bits per heavy atom. The first-order chi connectivity index (χ1) is 7.60. The Bertz CT molecular complexity index is 252. The maximum atomic E-state index is 11.2. The van der Waals surface area contributed by atoms with Gasteiger partial charge in [-0.15, -0.1) is 11.8 Å². The molecule has 0 saturated carbocycles. The van der Waals surface area contributed by atoms with Gasteiger partial charge in [-0.25, -0.2) is 0 Å². The van der Waals surface area contributed by atoms with Crippen molar-refractivity contribution in [1.29, 1.82) is 0 Å². The molecule has 0 aromatic heterocycles. The van der Waals surface area contributed by atoms with Crippen LogP contribution in [-0.4, -0.2) is 42.4 Å². The third-order valence-corrected chi connectivity index (χ3v) is 2.40. The zero-order chi connectivity index (χ0) is 12.4. The number of hydrogen-bond donors (Lipinski definition) is 0. The number of carbonyl (C=O) groups is 3. The number of rotatable bonds is 8. The van der Waals surface area contributed by atoms with E-state index in [-0.39, 0.29) is 36.3 Å². The Labute approximate surface area is 98.9 Å². The predicted molar refractivity (Wildman–Crippen MR) is 60.2 cm³/mol. The summed E-state index contributed by atoms with van der Waals surface area (Å²) in [5.41, 5.74) is 0. The van der Waals surface area contributed by atoms with Crippen molar-refractivity contribution in [2.24, 2.45) is 0 Å². The molecule has 0 N–H and O–H groups in total. The lowest BCUT2D eigenvalue weighted by molar-refractivity contribution is -0.145. The van der Waals surface area contributed by atoms with Gasteiger partial charge < -0.3 is 9.47 Å². The smallest absolute Gasteiger partial charge is 0.315 e. The van der Waals surface area contributed by atoms with Crippen LogP contribution >= 0.6 is 11.8 Å². The summed E-state index contributed by atoms with van der Waals surface area (Å²) in [6, 6.07) is 0. The van der Waals surface area contributed by atoms with Crippen molar-refractivity contribution in [2.75, 3.05) is 24.7 Å². The SMILES string of the molecule is CCOC(=O)CSCC(=O)CC(=O)OCC. The van der Waals surface area contributed by atoms with Crippen LogP contribution in [0.3, 0.4) is 0 Å². The molecule has 16 heavy (non-hydrogen) atoms. The molecule has 0 aromatic carbocycles. The van der Waals surface area contributed by atoms with Gasteiger partial charge in [0.1, 0.15) is 6.42 Å². The summed E-state index contributed by atoms with van der Waals surface area (Å²) in [6.45, 7) is 3.99. The van der Waals surface area contributed by atoms with Crippen molar-refractivity contribution in [2.45, 2.75) is 20.3 Å². The number of carbonyl (C=O) groups excluding carboxylic acids is 3. The van der Waals surface area contributed by atoms with E-state index in [9.17, 15) is 14.4 Å². The highest BCUT2D eigenvalue weighted by molar-refractivity contribution is 8.00. The summed E-state index contributed by atoms with van der Waals surface area (Å²) in [5.74, 6) is -0.867. The average Bonchev–Trinajstić information content (AvgIpc) is 2.18. The van der Waals surface area contributed by atoms with E-state index in [0.717, 1.165) is 11.8 Å². The predicted octanol–water partition coefficient (Wildman–Crippen LogP) is 0.805. The number of thioether (sulfide) groups is 1. The molecule has 0 bridgehead atoms. The fourth-order valence-electron chi connectivity index (χ4n) is 0.875. The maximum Gasteiger partial charge on any atom is 0.315 e. The van der Waals surface area contributed by atoms with E-state index < -0.39 is 5.97 Å². The van der Waals surface area contributed by atoms with Gasteiger partial charge in [0.15, 0.2) is 5.78 Å². The summed E-state index contributed by atoms with van der Waals surface area (Å²) in [4.78, 5) is 33.0. The van der Waals surface area contributed by atoms with Crippen LogP contribution in [0.25, 0.3) is 0 Å². The van der Waals surface area contributed by atoms with Gasteiger partial charge >= 0.3 is 11.9 Å². The summed E-state index contributed by atoms with van der Waals surface area (Å²) in [5, 5.41) is 0. The van der Waals surface area contributed by atoms with Gasteiger partial charge in [-0.05, 0) is 13.8 Å². The van der Waals surface area contributed by atoms with Crippen LogP contribution in [-0.2, 0) is 23.9 Å². The van der Waals surface area contributed by atoms with E-state index in [4.69, 9.17) is 0 Å². The molecule has 0 aliphatic carbocycles. The van der Waals surface area contributed by atoms with Crippen molar-refractivity contribution in [1.82, 2.24) is 0 Å². The fraction of sp³-hybridized carbons (Fsp3) is 0.700. The summed E-state index contributed by atoms with van der Waals surface area (Å²) in [7, 11) is 0. The Kier molecular flexibility index (Phi) is 8.61. The lowest BCUT2D eigenvalue weighted by Crippen LogP contribution is -2.14. The standard InChI is InChI=1S/C10H16O5S/c1-3-14-9(12)5-8(11)6-16-7-10(13)15-4-2/h3-7H2,1-2H3. The fourth-order valence-corrected chi connectivity index (χ4v) is 1.56. The highest BCUT2D eigenvalue weighted by Gasteiger charge is 2.11. The van der Waals surface area contributed by atoms with Gasteiger partial charge in [0.2, 0.25) is 0 Å². The van der Waals surface area contributed by atoms with Gasteiger partial charge in [-0.2, -0.15) is 0 Å². The Morgan fingerprint density at radius 3 is 2.06 bits per heavy atom. The molecule has 0 aliphatic rings. The second-order valence-corrected chi connectivity index (χ2v) is 3.80. The minimum Gasteiger partial charge on any atom is -0.466 e. The topological polar surface area (TPSA) is 69.7 Å². The Hall–Kier alpha value is -1.04. The molecular weight excluding hydrogens is 232 g/mol. The normalized spacial score (nSPS) is 9.62. The van der Waals surface area contributed by atoms with Gasteiger partial charge in [0.05, 0.1) is 24.7 Å². The second-order valence-electron chi connectivity index (χ2n) is 2.82. The van der Waals surface area contributed by atoms with Crippen molar-refractivity contribution in [3.8, 4) is 0 Å². The second kappa shape index (κ2) is 9.21. The molecule has 0 aliphatic heterocycles. The molecule has 0 atom stereocenters.